The van der Waals surface area contributed by atoms with Gasteiger partial charge in [0.25, 0.3) is 5.91 Å². The Balaban J connectivity index is 1.58. The molecule has 0 radical (unpaired) electrons. The van der Waals surface area contributed by atoms with Crippen LogP contribution in [0, 0.1) is 0 Å². The van der Waals surface area contributed by atoms with E-state index < -0.39 is 0 Å². The van der Waals surface area contributed by atoms with Gasteiger partial charge in [-0.3, -0.25) is 9.63 Å². The lowest BCUT2D eigenvalue weighted by Crippen LogP contribution is -2.18. The van der Waals surface area contributed by atoms with Crippen LogP contribution in [0.5, 0.6) is 0 Å². The molecule has 1 aliphatic carbocycles. The summed E-state index contributed by atoms with van der Waals surface area (Å²) >= 11 is 0. The second-order valence-electron chi connectivity index (χ2n) is 6.54. The molecule has 1 fully saturated rings. The first-order valence-corrected chi connectivity index (χ1v) is 8.88. The summed E-state index contributed by atoms with van der Waals surface area (Å²) in [5.74, 6) is 1.39. The number of hydrogen-bond donors (Lipinski definition) is 2. The largest absolute Gasteiger partial charge is 0.345 e. The van der Waals surface area contributed by atoms with Gasteiger partial charge in [0.1, 0.15) is 5.82 Å². The average Bonchev–Trinajstić information content (AvgIpc) is 3.11. The van der Waals surface area contributed by atoms with Crippen molar-refractivity contribution >= 4 is 12.0 Å². The Morgan fingerprint density at radius 2 is 2.04 bits per heavy atom. The fourth-order valence-corrected chi connectivity index (χ4v) is 3.34. The molecule has 3 rings (SSSR count). The van der Waals surface area contributed by atoms with Gasteiger partial charge < -0.3 is 4.98 Å². The maximum Gasteiger partial charge on any atom is 0.267 e. The molecular weight excluding hydrogens is 314 g/mol. The molecule has 0 saturated heterocycles. The lowest BCUT2D eigenvalue weighted by molar-refractivity contribution is -0.126. The molecular formula is C20H25N3O2. The Hall–Kier alpha value is -2.40. The van der Waals surface area contributed by atoms with Gasteiger partial charge in [0, 0.05) is 30.3 Å². The molecule has 132 valence electrons. The number of benzene rings is 1. The summed E-state index contributed by atoms with van der Waals surface area (Å²) in [5.41, 5.74) is 5.71. The van der Waals surface area contributed by atoms with E-state index in [4.69, 9.17) is 0 Å². The fraction of sp³-hybridized carbons (Fsp3) is 0.400. The van der Waals surface area contributed by atoms with Gasteiger partial charge in [-0.25, -0.2) is 10.5 Å². The highest BCUT2D eigenvalue weighted by Crippen LogP contribution is 2.31. The quantitative estimate of drug-likeness (QED) is 0.622. The van der Waals surface area contributed by atoms with E-state index in [1.807, 2.05) is 18.3 Å². The molecule has 1 amide bonds. The number of aromatic nitrogens is 2. The molecule has 2 N–H and O–H groups in total. The van der Waals surface area contributed by atoms with Gasteiger partial charge in [0.05, 0.1) is 7.11 Å². The Kier molecular flexibility index (Phi) is 6.01. The first kappa shape index (κ1) is 17.4. The smallest absolute Gasteiger partial charge is 0.267 e. The third-order valence-electron chi connectivity index (χ3n) is 4.67. The van der Waals surface area contributed by atoms with Crippen LogP contribution in [0.25, 0.3) is 6.08 Å². The van der Waals surface area contributed by atoms with Crippen molar-refractivity contribution in [1.29, 1.82) is 0 Å². The summed E-state index contributed by atoms with van der Waals surface area (Å²) in [6, 6.07) is 8.13. The van der Waals surface area contributed by atoms with Crippen molar-refractivity contribution in [1.82, 2.24) is 15.4 Å². The van der Waals surface area contributed by atoms with Crippen LogP contribution in [-0.4, -0.2) is 23.0 Å². The molecule has 2 aromatic rings. The van der Waals surface area contributed by atoms with Crippen LogP contribution in [-0.2, 0) is 16.1 Å². The normalized spacial score (nSPS) is 15.6. The maximum atomic E-state index is 11.3. The second kappa shape index (κ2) is 8.62. The summed E-state index contributed by atoms with van der Waals surface area (Å²) in [5, 5.41) is 0. The van der Waals surface area contributed by atoms with Crippen molar-refractivity contribution in [3.05, 3.63) is 59.2 Å². The van der Waals surface area contributed by atoms with Crippen molar-refractivity contribution in [2.45, 2.75) is 44.4 Å². The van der Waals surface area contributed by atoms with Crippen LogP contribution in [0.2, 0.25) is 0 Å². The molecule has 25 heavy (non-hydrogen) atoms. The van der Waals surface area contributed by atoms with E-state index in [0.717, 1.165) is 17.8 Å². The fourth-order valence-electron chi connectivity index (χ4n) is 3.34. The number of nitrogens with one attached hydrogen (secondary N) is 2. The Labute approximate surface area is 148 Å². The monoisotopic (exact) mass is 339 g/mol. The highest BCUT2D eigenvalue weighted by molar-refractivity contribution is 5.90. The number of H-pyrrole nitrogens is 1. The highest BCUT2D eigenvalue weighted by Gasteiger charge is 2.17. The van der Waals surface area contributed by atoms with Crippen LogP contribution >= 0.6 is 0 Å². The van der Waals surface area contributed by atoms with E-state index in [0.29, 0.717) is 5.92 Å². The molecule has 1 heterocycles. The molecule has 1 saturated carbocycles. The molecule has 0 atom stereocenters. The van der Waals surface area contributed by atoms with Gasteiger partial charge in [-0.2, -0.15) is 0 Å². The summed E-state index contributed by atoms with van der Waals surface area (Å²) < 4.78 is 0. The van der Waals surface area contributed by atoms with Crippen molar-refractivity contribution < 1.29 is 9.63 Å². The van der Waals surface area contributed by atoms with Crippen molar-refractivity contribution in [3.63, 3.8) is 0 Å². The Morgan fingerprint density at radius 3 is 2.76 bits per heavy atom. The van der Waals surface area contributed by atoms with Gasteiger partial charge >= 0.3 is 0 Å². The van der Waals surface area contributed by atoms with E-state index in [1.165, 1.54) is 56.5 Å². The van der Waals surface area contributed by atoms with Gasteiger partial charge in [-0.1, -0.05) is 43.5 Å². The Morgan fingerprint density at radius 1 is 1.28 bits per heavy atom. The van der Waals surface area contributed by atoms with Gasteiger partial charge in [-0.15, -0.1) is 0 Å². The van der Waals surface area contributed by atoms with E-state index in [1.54, 1.807) is 6.08 Å². The molecule has 1 aromatic carbocycles. The molecule has 0 unspecified atom stereocenters. The number of carbonyl (C=O) groups is 1. The molecule has 5 nitrogen and oxygen atoms in total. The topological polar surface area (TPSA) is 67.0 Å². The van der Waals surface area contributed by atoms with Gasteiger partial charge in [0.15, 0.2) is 0 Å². The second-order valence-corrected chi connectivity index (χ2v) is 6.54. The van der Waals surface area contributed by atoms with E-state index in [-0.39, 0.29) is 5.91 Å². The zero-order chi connectivity index (χ0) is 17.5. The van der Waals surface area contributed by atoms with Crippen molar-refractivity contribution in [2.24, 2.45) is 0 Å². The number of rotatable bonds is 6. The molecule has 0 spiro atoms. The van der Waals surface area contributed by atoms with Crippen LogP contribution in [0.3, 0.4) is 0 Å². The molecule has 0 aliphatic heterocycles. The van der Waals surface area contributed by atoms with Gasteiger partial charge in [0.2, 0.25) is 0 Å². The first-order chi connectivity index (χ1) is 12.2. The maximum absolute atomic E-state index is 11.3. The number of carbonyl (C=O) groups excluding carboxylic acids is 1. The lowest BCUT2D eigenvalue weighted by Gasteiger charge is -2.19. The summed E-state index contributed by atoms with van der Waals surface area (Å²) in [6.45, 7) is 0. The van der Waals surface area contributed by atoms with Crippen LogP contribution < -0.4 is 5.48 Å². The predicted molar refractivity (Wildman–Crippen MR) is 97.8 cm³/mol. The number of amides is 1. The van der Waals surface area contributed by atoms with Crippen LogP contribution in [0.15, 0.2) is 36.5 Å². The van der Waals surface area contributed by atoms with E-state index >= 15 is 0 Å². The van der Waals surface area contributed by atoms with Crippen LogP contribution in [0.1, 0.15) is 60.7 Å². The number of nitrogens with zero attached hydrogens (tertiary/aromatic N) is 1. The number of imidazole rings is 1. The third-order valence-corrected chi connectivity index (χ3v) is 4.67. The van der Waals surface area contributed by atoms with Crippen molar-refractivity contribution in [3.8, 4) is 0 Å². The van der Waals surface area contributed by atoms with Crippen molar-refractivity contribution in [2.75, 3.05) is 7.11 Å². The summed E-state index contributed by atoms with van der Waals surface area (Å²) in [4.78, 5) is 23.9. The first-order valence-electron chi connectivity index (χ1n) is 8.88. The number of aromatic amines is 1. The minimum absolute atomic E-state index is 0.280. The van der Waals surface area contributed by atoms with E-state index in [2.05, 4.69) is 32.4 Å². The summed E-state index contributed by atoms with van der Waals surface area (Å²) in [6.07, 6.45) is 12.6. The highest BCUT2D eigenvalue weighted by atomic mass is 16.6. The predicted octanol–water partition coefficient (Wildman–Crippen LogP) is 3.74. The van der Waals surface area contributed by atoms with Gasteiger partial charge in [-0.05, 0) is 30.0 Å². The van der Waals surface area contributed by atoms with Crippen LogP contribution in [0.4, 0.5) is 0 Å². The number of hydrogen-bond acceptors (Lipinski definition) is 3. The zero-order valence-electron chi connectivity index (χ0n) is 14.6. The lowest BCUT2D eigenvalue weighted by atomic mass is 9.87. The molecule has 5 heteroatoms. The molecule has 1 aliphatic rings. The molecule has 0 bridgehead atoms. The SMILES string of the molecule is CONC(=O)/C=C/c1ccc(Cc2ncc(C3CCCCC3)[nH]2)cc1. The van der Waals surface area contributed by atoms with E-state index in [9.17, 15) is 4.79 Å². The standard InChI is InChI=1S/C20H25N3O2/c1-25-23-20(24)12-11-15-7-9-16(10-8-15)13-19-21-14-18(22-19)17-5-3-2-4-6-17/h7-12,14,17H,2-6,13H2,1H3,(H,21,22)(H,23,24)/b12-11+. The molecule has 1 aromatic heterocycles. The minimum Gasteiger partial charge on any atom is -0.345 e. The minimum atomic E-state index is -0.280. The summed E-state index contributed by atoms with van der Waals surface area (Å²) in [7, 11) is 1.41. The Bertz CT molecular complexity index is 713. The zero-order valence-corrected chi connectivity index (χ0v) is 14.6. The third kappa shape index (κ3) is 5.03. The number of hydroxylamine groups is 1. The average molecular weight is 339 g/mol.